The number of hydrogen-bond acceptors (Lipinski definition) is 3. The van der Waals surface area contributed by atoms with Crippen molar-refractivity contribution in [2.75, 3.05) is 4.90 Å². The third-order valence-electron chi connectivity index (χ3n) is 4.84. The summed E-state index contributed by atoms with van der Waals surface area (Å²) in [6, 6.07) is 8.45. The van der Waals surface area contributed by atoms with Gasteiger partial charge in [0.25, 0.3) is 0 Å². The Morgan fingerprint density at radius 3 is 2.17 bits per heavy atom. The monoisotopic (exact) mass is 346 g/mol. The molecule has 1 aliphatic heterocycles. The molecule has 1 aromatic carbocycles. The first-order valence-corrected chi connectivity index (χ1v) is 7.94. The minimum atomic E-state index is -0.701. The zero-order valence-corrected chi connectivity index (χ0v) is 13.7. The van der Waals surface area contributed by atoms with Crippen molar-refractivity contribution in [3.63, 3.8) is 0 Å². The van der Waals surface area contributed by atoms with Crippen molar-refractivity contribution < 1.29 is 9.59 Å². The highest BCUT2D eigenvalue weighted by Gasteiger charge is 2.76. The summed E-state index contributed by atoms with van der Waals surface area (Å²) in [6.45, 7) is 1.84. The van der Waals surface area contributed by atoms with E-state index in [1.807, 2.05) is 19.1 Å². The topological polar surface area (TPSA) is 50.3 Å². The molecular formula is C17H12Cl2N2O2. The van der Waals surface area contributed by atoms with E-state index in [2.05, 4.69) is 4.98 Å². The van der Waals surface area contributed by atoms with Crippen LogP contribution in [0.4, 0.5) is 5.69 Å². The average Bonchev–Trinajstić information content (AvgIpc) is 3.08. The highest BCUT2D eigenvalue weighted by molar-refractivity contribution is 6.36. The molecule has 4 nitrogen and oxygen atoms in total. The summed E-state index contributed by atoms with van der Waals surface area (Å²) >= 11 is 12.0. The van der Waals surface area contributed by atoms with Crippen molar-refractivity contribution in [1.29, 1.82) is 0 Å². The van der Waals surface area contributed by atoms with E-state index in [0.717, 1.165) is 5.56 Å². The molecule has 0 radical (unpaired) electrons. The summed E-state index contributed by atoms with van der Waals surface area (Å²) in [5.74, 6) is -0.822. The van der Waals surface area contributed by atoms with Gasteiger partial charge in [0.15, 0.2) is 0 Å². The Bertz CT molecular complexity index is 819. The quantitative estimate of drug-likeness (QED) is 0.779. The molecule has 1 aromatic heterocycles. The van der Waals surface area contributed by atoms with Crippen LogP contribution in [-0.4, -0.2) is 16.8 Å². The van der Waals surface area contributed by atoms with Gasteiger partial charge in [-0.2, -0.15) is 0 Å². The molecule has 0 bridgehead atoms. The standard InChI is InChI=1S/C17H12Cl2N2O2/c1-17-13(9-2-4-20-5-3-9)14(17)15(22)21(16(17)23)12-7-10(18)6-11(19)8-12/h2-8,13-14H,1H3/t13-,14-,17-/m1/s1. The minimum Gasteiger partial charge on any atom is -0.274 e. The first-order valence-electron chi connectivity index (χ1n) is 7.19. The SMILES string of the molecule is C[C@]12C(=O)N(c3cc(Cl)cc(Cl)c3)C(=O)[C@H]1[C@H]2c1ccncc1. The fourth-order valence-electron chi connectivity index (χ4n) is 3.68. The fourth-order valence-corrected chi connectivity index (χ4v) is 4.19. The van der Waals surface area contributed by atoms with Crippen LogP contribution in [0.5, 0.6) is 0 Å². The van der Waals surface area contributed by atoms with Crippen LogP contribution in [0, 0.1) is 11.3 Å². The number of aromatic nitrogens is 1. The largest absolute Gasteiger partial charge is 0.274 e. The summed E-state index contributed by atoms with van der Waals surface area (Å²) in [7, 11) is 0. The van der Waals surface area contributed by atoms with E-state index in [-0.39, 0.29) is 23.7 Å². The lowest BCUT2D eigenvalue weighted by Gasteiger charge is -2.21. The summed E-state index contributed by atoms with van der Waals surface area (Å²) in [5.41, 5.74) is 0.699. The zero-order chi connectivity index (χ0) is 16.4. The van der Waals surface area contributed by atoms with E-state index in [1.165, 1.54) is 4.90 Å². The number of pyridine rings is 1. The second-order valence-corrected chi connectivity index (χ2v) is 7.00. The Morgan fingerprint density at radius 2 is 1.65 bits per heavy atom. The van der Waals surface area contributed by atoms with Crippen molar-refractivity contribution in [3.05, 3.63) is 58.3 Å². The molecule has 2 fully saturated rings. The molecule has 23 heavy (non-hydrogen) atoms. The van der Waals surface area contributed by atoms with Crippen molar-refractivity contribution in [3.8, 4) is 0 Å². The number of piperidine rings is 1. The fraction of sp³-hybridized carbons (Fsp3) is 0.235. The molecule has 3 atom stereocenters. The molecule has 1 saturated carbocycles. The number of carbonyl (C=O) groups excluding carboxylic acids is 2. The first-order chi connectivity index (χ1) is 10.9. The van der Waals surface area contributed by atoms with Crippen molar-refractivity contribution >= 4 is 40.7 Å². The van der Waals surface area contributed by atoms with Crippen LogP contribution in [0.1, 0.15) is 18.4 Å². The molecule has 1 aliphatic carbocycles. The van der Waals surface area contributed by atoms with Crippen molar-refractivity contribution in [1.82, 2.24) is 4.98 Å². The van der Waals surface area contributed by atoms with Crippen LogP contribution in [0.3, 0.4) is 0 Å². The number of benzene rings is 1. The number of anilines is 1. The molecule has 116 valence electrons. The van der Waals surface area contributed by atoms with Crippen LogP contribution in [-0.2, 0) is 9.59 Å². The number of hydrogen-bond donors (Lipinski definition) is 0. The third-order valence-corrected chi connectivity index (χ3v) is 5.27. The average molecular weight is 347 g/mol. The van der Waals surface area contributed by atoms with Gasteiger partial charge in [-0.25, -0.2) is 4.90 Å². The van der Waals surface area contributed by atoms with Crippen LogP contribution in [0.15, 0.2) is 42.7 Å². The van der Waals surface area contributed by atoms with E-state index < -0.39 is 5.41 Å². The van der Waals surface area contributed by atoms with Gasteiger partial charge in [-0.3, -0.25) is 14.6 Å². The van der Waals surface area contributed by atoms with Crippen molar-refractivity contribution in [2.45, 2.75) is 12.8 Å². The summed E-state index contributed by atoms with van der Waals surface area (Å²) < 4.78 is 0. The molecule has 0 N–H and O–H groups in total. The first kappa shape index (κ1) is 14.7. The number of carbonyl (C=O) groups is 2. The predicted molar refractivity (Wildman–Crippen MR) is 87.5 cm³/mol. The number of amides is 2. The highest BCUT2D eigenvalue weighted by atomic mass is 35.5. The summed E-state index contributed by atoms with van der Waals surface area (Å²) in [6.07, 6.45) is 3.35. The maximum Gasteiger partial charge on any atom is 0.241 e. The van der Waals surface area contributed by atoms with Gasteiger partial charge in [-0.15, -0.1) is 0 Å². The molecule has 2 heterocycles. The van der Waals surface area contributed by atoms with Gasteiger partial charge < -0.3 is 0 Å². The van der Waals surface area contributed by atoms with Gasteiger partial charge in [0.1, 0.15) is 0 Å². The van der Waals surface area contributed by atoms with Crippen LogP contribution < -0.4 is 4.90 Å². The number of fused-ring (bicyclic) bond motifs is 1. The van der Waals surface area contributed by atoms with E-state index in [9.17, 15) is 9.59 Å². The Morgan fingerprint density at radius 1 is 1.04 bits per heavy atom. The highest BCUT2D eigenvalue weighted by Crippen LogP contribution is 2.69. The molecule has 2 amide bonds. The maximum atomic E-state index is 12.9. The second-order valence-electron chi connectivity index (χ2n) is 6.13. The number of halogens is 2. The van der Waals surface area contributed by atoms with Gasteiger partial charge in [-0.1, -0.05) is 23.2 Å². The number of rotatable bonds is 2. The van der Waals surface area contributed by atoms with Gasteiger partial charge in [0.2, 0.25) is 11.8 Å². The number of imide groups is 1. The Kier molecular flexibility index (Phi) is 3.06. The van der Waals surface area contributed by atoms with Crippen LogP contribution in [0.2, 0.25) is 10.0 Å². The second kappa shape index (κ2) is 4.79. The predicted octanol–water partition coefficient (Wildman–Crippen LogP) is 3.68. The summed E-state index contributed by atoms with van der Waals surface area (Å²) in [4.78, 5) is 30.9. The lowest BCUT2D eigenvalue weighted by molar-refractivity contribution is -0.125. The Labute approximate surface area is 143 Å². The van der Waals surface area contributed by atoms with Gasteiger partial charge >= 0.3 is 0 Å². The molecular weight excluding hydrogens is 335 g/mol. The van der Waals surface area contributed by atoms with E-state index in [0.29, 0.717) is 15.7 Å². The van der Waals surface area contributed by atoms with Gasteiger partial charge in [-0.05, 0) is 42.8 Å². The van der Waals surface area contributed by atoms with Gasteiger partial charge in [0.05, 0.1) is 17.0 Å². The molecule has 0 unspecified atom stereocenters. The summed E-state index contributed by atoms with van der Waals surface area (Å²) in [5, 5.41) is 0.786. The molecule has 2 aliphatic rings. The van der Waals surface area contributed by atoms with E-state index in [4.69, 9.17) is 23.2 Å². The molecule has 4 rings (SSSR count). The lowest BCUT2D eigenvalue weighted by atomic mass is 10.0. The third kappa shape index (κ3) is 1.95. The molecule has 1 saturated heterocycles. The Hall–Kier alpha value is -1.91. The number of nitrogens with zero attached hydrogens (tertiary/aromatic N) is 2. The van der Waals surface area contributed by atoms with Gasteiger partial charge in [0, 0.05) is 28.4 Å². The maximum absolute atomic E-state index is 12.9. The molecule has 2 aromatic rings. The zero-order valence-electron chi connectivity index (χ0n) is 12.2. The van der Waals surface area contributed by atoms with E-state index in [1.54, 1.807) is 30.6 Å². The Balaban J connectivity index is 1.72. The smallest absolute Gasteiger partial charge is 0.241 e. The lowest BCUT2D eigenvalue weighted by Crippen LogP contribution is -2.36. The van der Waals surface area contributed by atoms with Crippen molar-refractivity contribution in [2.24, 2.45) is 11.3 Å². The minimum absolute atomic E-state index is 0.0867. The molecule has 0 spiro atoms. The van der Waals surface area contributed by atoms with Crippen LogP contribution >= 0.6 is 23.2 Å². The van der Waals surface area contributed by atoms with Crippen LogP contribution in [0.25, 0.3) is 0 Å². The molecule has 6 heteroatoms. The van der Waals surface area contributed by atoms with E-state index >= 15 is 0 Å². The normalized spacial score (nSPS) is 28.9.